The van der Waals surface area contributed by atoms with Crippen molar-refractivity contribution in [2.75, 3.05) is 20.4 Å². The Bertz CT molecular complexity index is 305. The molecule has 0 heterocycles. The highest BCUT2D eigenvalue weighted by molar-refractivity contribution is 4.62. The van der Waals surface area contributed by atoms with Crippen LogP contribution in [0.25, 0.3) is 0 Å². The lowest BCUT2D eigenvalue weighted by molar-refractivity contribution is 0.0437. The molecule has 0 aliphatic heterocycles. The van der Waals surface area contributed by atoms with E-state index in [0.717, 1.165) is 38.2 Å². The van der Waals surface area contributed by atoms with Gasteiger partial charge in [0.1, 0.15) is 0 Å². The summed E-state index contributed by atoms with van der Waals surface area (Å²) in [5, 5.41) is 7.62. The quantitative estimate of drug-likeness (QED) is 0.263. The Morgan fingerprint density at radius 3 is 0.659 bits per heavy atom. The summed E-state index contributed by atoms with van der Waals surface area (Å²) < 4.78 is 37.3. The molecule has 44 heavy (non-hydrogen) atoms. The molecule has 5 heteroatoms. The number of unbranched alkanes of at least 4 members (excludes halogenated alkanes) is 3. The van der Waals surface area contributed by atoms with Gasteiger partial charge in [-0.05, 0) is 44.9 Å². The van der Waals surface area contributed by atoms with Gasteiger partial charge in [0.2, 0.25) is 5.92 Å². The van der Waals surface area contributed by atoms with E-state index in [2.05, 4.69) is 109 Å². The molecule has 280 valence electrons. The average Bonchev–Trinajstić information content (AvgIpc) is 3.01. The van der Waals surface area contributed by atoms with Gasteiger partial charge in [0.05, 0.1) is 12.7 Å². The van der Waals surface area contributed by atoms with Crippen molar-refractivity contribution < 1.29 is 17.9 Å². The van der Waals surface area contributed by atoms with E-state index in [0.29, 0.717) is 12.8 Å². The zero-order valence-corrected chi connectivity index (χ0v) is 34.9. The van der Waals surface area contributed by atoms with Gasteiger partial charge in [0, 0.05) is 20.1 Å². The Hall–Kier alpha value is -0.760. The standard InChI is InChI=1S/3C5H12.3C4H10.C3H6F2.C3H7F.C3H5N.C3H8O/c3*1-4-5(2)3;3*1-3-4-2;1-3(2,4)5;2*1-2-3-4;1-3-4-2/h3*5H,4H2,1-3H3;3*3-4H2,1-2H3;1-2H3;2-3H2,1H3;2H2,1H3;3H2,1-2H3. The molecule has 0 aromatic carbocycles. The van der Waals surface area contributed by atoms with Gasteiger partial charge in [-0.15, -0.1) is 0 Å². The van der Waals surface area contributed by atoms with E-state index in [4.69, 9.17) is 5.26 Å². The Morgan fingerprint density at radius 1 is 0.545 bits per heavy atom. The van der Waals surface area contributed by atoms with Crippen LogP contribution < -0.4 is 0 Å². The summed E-state index contributed by atoms with van der Waals surface area (Å²) in [6.07, 6.45) is 13.1. The number of nitriles is 1. The minimum atomic E-state index is -2.50. The zero-order valence-electron chi connectivity index (χ0n) is 34.9. The molecule has 2 nitrogen and oxygen atoms in total. The van der Waals surface area contributed by atoms with Crippen molar-refractivity contribution in [1.29, 1.82) is 5.26 Å². The second kappa shape index (κ2) is 84.0. The van der Waals surface area contributed by atoms with Crippen LogP contribution in [0.5, 0.6) is 0 Å². The summed E-state index contributed by atoms with van der Waals surface area (Å²) in [6.45, 7) is 40.9. The largest absolute Gasteiger partial charge is 0.385 e. The number of rotatable bonds is 8. The van der Waals surface area contributed by atoms with Crippen LogP contribution in [-0.4, -0.2) is 26.3 Å². The number of alkyl halides is 3. The van der Waals surface area contributed by atoms with Crippen LogP contribution in [0.4, 0.5) is 13.2 Å². The molecule has 0 aliphatic carbocycles. The fraction of sp³-hybridized carbons (Fsp3) is 0.974. The molecule has 0 aromatic heterocycles. The maximum absolute atomic E-state index is 11.0. The third-order valence-corrected chi connectivity index (χ3v) is 4.59. The number of hydrogen-bond acceptors (Lipinski definition) is 2. The number of ether oxygens (including phenoxy) is 1. The van der Waals surface area contributed by atoms with Crippen LogP contribution in [0.3, 0.4) is 0 Å². The molecule has 0 aromatic rings. The molecule has 0 unspecified atom stereocenters. The minimum absolute atomic E-state index is 0.181. The van der Waals surface area contributed by atoms with E-state index in [-0.39, 0.29) is 6.67 Å². The molecule has 0 atom stereocenters. The van der Waals surface area contributed by atoms with Crippen LogP contribution in [-0.2, 0) is 4.74 Å². The molecular formula is C39H92F3NO. The monoisotopic (exact) mass is 648 g/mol. The Balaban J connectivity index is -0.0000000366. The highest BCUT2D eigenvalue weighted by Crippen LogP contribution is 2.06. The average molecular weight is 648 g/mol. The normalized spacial score (nSPS) is 8.50. The molecule has 0 radical (unpaired) electrons. The van der Waals surface area contributed by atoms with E-state index < -0.39 is 5.92 Å². The zero-order chi connectivity index (χ0) is 37.8. The van der Waals surface area contributed by atoms with Crippen molar-refractivity contribution in [3.8, 4) is 6.07 Å². The molecule has 0 saturated heterocycles. The molecule has 0 bridgehead atoms. The van der Waals surface area contributed by atoms with E-state index in [1.54, 1.807) is 14.0 Å². The molecule has 0 rings (SSSR count). The van der Waals surface area contributed by atoms with Gasteiger partial charge in [-0.3, -0.25) is 4.39 Å². The van der Waals surface area contributed by atoms with Crippen molar-refractivity contribution in [1.82, 2.24) is 0 Å². The van der Waals surface area contributed by atoms with Gasteiger partial charge in [-0.25, -0.2) is 8.78 Å². The first kappa shape index (κ1) is 69.8. The number of hydrogen-bond donors (Lipinski definition) is 0. The van der Waals surface area contributed by atoms with Crippen molar-refractivity contribution in [3.63, 3.8) is 0 Å². The first-order valence-electron chi connectivity index (χ1n) is 18.1. The van der Waals surface area contributed by atoms with Crippen molar-refractivity contribution in [3.05, 3.63) is 0 Å². The lowest BCUT2D eigenvalue weighted by Gasteiger charge is -1.94. The molecule has 0 aliphatic rings. The predicted octanol–water partition coefficient (Wildman–Crippen LogP) is 16.2. The fourth-order valence-corrected chi connectivity index (χ4v) is 0. The molecular weight excluding hydrogens is 555 g/mol. The van der Waals surface area contributed by atoms with Crippen molar-refractivity contribution >= 4 is 0 Å². The highest BCUT2D eigenvalue weighted by atomic mass is 19.3. The first-order valence-corrected chi connectivity index (χ1v) is 18.1. The van der Waals surface area contributed by atoms with E-state index in [9.17, 15) is 13.2 Å². The minimum Gasteiger partial charge on any atom is -0.385 e. The van der Waals surface area contributed by atoms with Gasteiger partial charge in [0.25, 0.3) is 0 Å². The highest BCUT2D eigenvalue weighted by Gasteiger charge is 2.08. The SMILES string of the molecule is CC(C)(F)F.CCC#N.CCC(C)C.CCC(C)C.CCC(C)C.CCCC.CCCC.CCCC.CCCF.CCOC. The van der Waals surface area contributed by atoms with Crippen LogP contribution >= 0.6 is 0 Å². The summed E-state index contributed by atoms with van der Waals surface area (Å²) in [5.41, 5.74) is 0. The predicted molar refractivity (Wildman–Crippen MR) is 203 cm³/mol. The molecule has 0 fully saturated rings. The molecule has 0 spiro atoms. The van der Waals surface area contributed by atoms with Gasteiger partial charge >= 0.3 is 0 Å². The van der Waals surface area contributed by atoms with Crippen LogP contribution in [0.1, 0.15) is 209 Å². The van der Waals surface area contributed by atoms with Gasteiger partial charge in [-0.1, -0.05) is 175 Å². The van der Waals surface area contributed by atoms with Gasteiger partial charge < -0.3 is 4.74 Å². The van der Waals surface area contributed by atoms with Gasteiger partial charge in [0.15, 0.2) is 0 Å². The lowest BCUT2D eigenvalue weighted by Crippen LogP contribution is -1.98. The van der Waals surface area contributed by atoms with Crippen LogP contribution in [0, 0.1) is 29.1 Å². The third-order valence-electron chi connectivity index (χ3n) is 4.59. The number of halogens is 3. The topological polar surface area (TPSA) is 33.0 Å². The molecule has 0 N–H and O–H groups in total. The molecule has 0 saturated carbocycles. The number of methoxy groups -OCH3 is 1. The summed E-state index contributed by atoms with van der Waals surface area (Å²) in [4.78, 5) is 0. The first-order chi connectivity index (χ1) is 20.3. The Morgan fingerprint density at radius 2 is 0.659 bits per heavy atom. The Labute approximate surface area is 282 Å². The summed E-state index contributed by atoms with van der Waals surface area (Å²) in [6, 6.07) is 1.93. The Kier molecular flexibility index (Phi) is 133. The maximum Gasteiger partial charge on any atom is 0.242 e. The van der Waals surface area contributed by atoms with Crippen molar-refractivity contribution in [2.24, 2.45) is 17.8 Å². The summed E-state index contributed by atoms with van der Waals surface area (Å²) in [5.74, 6) is 0.153. The second-order valence-corrected chi connectivity index (χ2v) is 11.5. The van der Waals surface area contributed by atoms with E-state index in [1.165, 1.54) is 57.8 Å². The van der Waals surface area contributed by atoms with Crippen LogP contribution in [0.2, 0.25) is 0 Å². The molecule has 0 amide bonds. The summed E-state index contributed by atoms with van der Waals surface area (Å²) >= 11 is 0. The van der Waals surface area contributed by atoms with E-state index >= 15 is 0 Å². The van der Waals surface area contributed by atoms with Gasteiger partial charge in [-0.2, -0.15) is 5.26 Å². The van der Waals surface area contributed by atoms with Crippen LogP contribution in [0.15, 0.2) is 0 Å². The fourth-order valence-electron chi connectivity index (χ4n) is 0. The van der Waals surface area contributed by atoms with Crippen molar-refractivity contribution in [2.45, 2.75) is 215 Å². The third kappa shape index (κ3) is 529. The lowest BCUT2D eigenvalue weighted by atomic mass is 10.2. The smallest absolute Gasteiger partial charge is 0.242 e. The maximum atomic E-state index is 11.0. The number of nitrogens with zero attached hydrogens (tertiary/aromatic N) is 1. The van der Waals surface area contributed by atoms with E-state index in [1.807, 2.05) is 19.9 Å². The summed E-state index contributed by atoms with van der Waals surface area (Å²) in [7, 11) is 1.68. The second-order valence-electron chi connectivity index (χ2n) is 11.5.